The van der Waals surface area contributed by atoms with Crippen LogP contribution in [0, 0.1) is 0 Å². The Morgan fingerprint density at radius 3 is 2.67 bits per heavy atom. The topological polar surface area (TPSA) is 82.8 Å². The summed E-state index contributed by atoms with van der Waals surface area (Å²) >= 11 is 4.88. The molecule has 0 aliphatic heterocycles. The van der Waals surface area contributed by atoms with Crippen molar-refractivity contribution in [3.63, 3.8) is 0 Å². The minimum Gasteiger partial charge on any atom is -0.389 e. The van der Waals surface area contributed by atoms with Gasteiger partial charge in [0.25, 0.3) is 0 Å². The van der Waals surface area contributed by atoms with Crippen LogP contribution in [0.4, 0.5) is 5.69 Å². The van der Waals surface area contributed by atoms with Crippen molar-refractivity contribution in [1.82, 2.24) is 0 Å². The van der Waals surface area contributed by atoms with Crippen LogP contribution in [0.2, 0.25) is 0 Å². The van der Waals surface area contributed by atoms with E-state index in [-0.39, 0.29) is 17.5 Å². The van der Waals surface area contributed by atoms with Crippen LogP contribution in [0.1, 0.15) is 5.56 Å². The SMILES string of the molecule is COCCOCCOCC(=O)Nc1cccc(C(N)=S)c1. The molecular formula is C14H20N2O4S. The third-order valence-electron chi connectivity index (χ3n) is 2.47. The molecule has 6 nitrogen and oxygen atoms in total. The van der Waals surface area contributed by atoms with Gasteiger partial charge in [-0.3, -0.25) is 4.79 Å². The van der Waals surface area contributed by atoms with Crippen molar-refractivity contribution >= 4 is 28.8 Å². The van der Waals surface area contributed by atoms with Crippen molar-refractivity contribution in [3.8, 4) is 0 Å². The number of nitrogens with one attached hydrogen (secondary N) is 1. The minimum atomic E-state index is -0.244. The number of amides is 1. The molecule has 0 fully saturated rings. The molecule has 0 heterocycles. The summed E-state index contributed by atoms with van der Waals surface area (Å²) in [4.78, 5) is 12.0. The number of carbonyl (C=O) groups excluding carboxylic acids is 1. The average molecular weight is 312 g/mol. The van der Waals surface area contributed by atoms with E-state index in [2.05, 4.69) is 5.32 Å². The Morgan fingerprint density at radius 1 is 1.24 bits per heavy atom. The molecule has 7 heteroatoms. The molecule has 1 amide bonds. The summed E-state index contributed by atoms with van der Waals surface area (Å²) in [5.74, 6) is -0.244. The van der Waals surface area contributed by atoms with Crippen molar-refractivity contribution in [2.24, 2.45) is 5.73 Å². The van der Waals surface area contributed by atoms with E-state index in [1.807, 2.05) is 0 Å². The van der Waals surface area contributed by atoms with Crippen LogP contribution in [-0.4, -0.2) is 51.0 Å². The van der Waals surface area contributed by atoms with E-state index in [4.69, 9.17) is 32.2 Å². The number of thiocarbonyl (C=S) groups is 1. The predicted molar refractivity (Wildman–Crippen MR) is 84.5 cm³/mol. The molecule has 0 bridgehead atoms. The number of ether oxygens (including phenoxy) is 3. The Labute approximate surface area is 129 Å². The normalized spacial score (nSPS) is 10.3. The first-order valence-electron chi connectivity index (χ1n) is 6.47. The van der Waals surface area contributed by atoms with Gasteiger partial charge < -0.3 is 25.3 Å². The molecule has 0 spiro atoms. The number of rotatable bonds is 10. The highest BCUT2D eigenvalue weighted by Gasteiger charge is 2.04. The van der Waals surface area contributed by atoms with Gasteiger partial charge in [-0.05, 0) is 12.1 Å². The first-order valence-corrected chi connectivity index (χ1v) is 6.88. The lowest BCUT2D eigenvalue weighted by Gasteiger charge is -2.08. The van der Waals surface area contributed by atoms with E-state index in [0.29, 0.717) is 37.7 Å². The lowest BCUT2D eigenvalue weighted by molar-refractivity contribution is -0.121. The van der Waals surface area contributed by atoms with Gasteiger partial charge in [0.1, 0.15) is 11.6 Å². The zero-order chi connectivity index (χ0) is 15.5. The summed E-state index contributed by atoms with van der Waals surface area (Å²) in [6, 6.07) is 7.03. The van der Waals surface area contributed by atoms with Crippen molar-refractivity contribution in [2.45, 2.75) is 0 Å². The number of hydrogen-bond donors (Lipinski definition) is 2. The van der Waals surface area contributed by atoms with Gasteiger partial charge in [-0.2, -0.15) is 0 Å². The first kappa shape index (κ1) is 17.5. The van der Waals surface area contributed by atoms with Gasteiger partial charge in [-0.1, -0.05) is 24.4 Å². The molecule has 1 aromatic carbocycles. The summed E-state index contributed by atoms with van der Waals surface area (Å²) in [5.41, 5.74) is 6.87. The lowest BCUT2D eigenvalue weighted by Crippen LogP contribution is -2.20. The molecule has 0 saturated heterocycles. The van der Waals surface area contributed by atoms with E-state index >= 15 is 0 Å². The maximum absolute atomic E-state index is 11.7. The fourth-order valence-electron chi connectivity index (χ4n) is 1.47. The summed E-state index contributed by atoms with van der Waals surface area (Å²) in [6.45, 7) is 1.79. The quantitative estimate of drug-likeness (QED) is 0.494. The maximum Gasteiger partial charge on any atom is 0.250 e. The van der Waals surface area contributed by atoms with E-state index in [1.165, 1.54) is 0 Å². The van der Waals surface area contributed by atoms with Gasteiger partial charge in [-0.25, -0.2) is 0 Å². The minimum absolute atomic E-state index is 0.0368. The Morgan fingerprint density at radius 2 is 1.95 bits per heavy atom. The molecule has 0 atom stereocenters. The van der Waals surface area contributed by atoms with Gasteiger partial charge in [0, 0.05) is 18.4 Å². The summed E-state index contributed by atoms with van der Waals surface area (Å²) in [7, 11) is 1.61. The third-order valence-corrected chi connectivity index (χ3v) is 2.70. The first-order chi connectivity index (χ1) is 10.1. The zero-order valence-electron chi connectivity index (χ0n) is 12.0. The number of benzene rings is 1. The largest absolute Gasteiger partial charge is 0.389 e. The van der Waals surface area contributed by atoms with Crippen LogP contribution in [0.5, 0.6) is 0 Å². The molecule has 0 radical (unpaired) electrons. The van der Waals surface area contributed by atoms with Crippen molar-refractivity contribution < 1.29 is 19.0 Å². The van der Waals surface area contributed by atoms with Gasteiger partial charge in [-0.15, -0.1) is 0 Å². The predicted octanol–water partition coefficient (Wildman–Crippen LogP) is 0.939. The molecule has 0 aromatic heterocycles. The molecule has 0 aliphatic rings. The number of carbonyl (C=O) groups is 1. The van der Waals surface area contributed by atoms with E-state index in [0.717, 1.165) is 0 Å². The molecule has 1 aromatic rings. The summed E-state index contributed by atoms with van der Waals surface area (Å²) in [6.07, 6.45) is 0. The van der Waals surface area contributed by atoms with Crippen LogP contribution >= 0.6 is 12.2 Å². The number of hydrogen-bond acceptors (Lipinski definition) is 5. The number of nitrogens with two attached hydrogens (primary N) is 1. The van der Waals surface area contributed by atoms with Crippen LogP contribution in [0.15, 0.2) is 24.3 Å². The maximum atomic E-state index is 11.7. The van der Waals surface area contributed by atoms with Crippen LogP contribution in [0.25, 0.3) is 0 Å². The summed E-state index contributed by atoms with van der Waals surface area (Å²) in [5, 5.41) is 2.71. The van der Waals surface area contributed by atoms with Crippen LogP contribution < -0.4 is 11.1 Å². The smallest absolute Gasteiger partial charge is 0.250 e. The third kappa shape index (κ3) is 7.72. The monoisotopic (exact) mass is 312 g/mol. The van der Waals surface area contributed by atoms with Crippen LogP contribution in [-0.2, 0) is 19.0 Å². The van der Waals surface area contributed by atoms with Gasteiger partial charge in [0.2, 0.25) is 5.91 Å². The molecular weight excluding hydrogens is 292 g/mol. The highest BCUT2D eigenvalue weighted by molar-refractivity contribution is 7.80. The molecule has 1 rings (SSSR count). The second kappa shape index (κ2) is 10.2. The van der Waals surface area contributed by atoms with E-state index in [1.54, 1.807) is 31.4 Å². The standard InChI is InChI=1S/C14H20N2O4S/c1-18-5-6-19-7-8-20-10-13(17)16-12-4-2-3-11(9-12)14(15)21/h2-4,9H,5-8,10H2,1H3,(H2,15,21)(H,16,17). The molecule has 0 saturated carbocycles. The molecule has 0 unspecified atom stereocenters. The fraction of sp³-hybridized carbons (Fsp3) is 0.429. The second-order valence-electron chi connectivity index (χ2n) is 4.15. The zero-order valence-corrected chi connectivity index (χ0v) is 12.8. The lowest BCUT2D eigenvalue weighted by atomic mass is 10.2. The fourth-order valence-corrected chi connectivity index (χ4v) is 1.60. The molecule has 21 heavy (non-hydrogen) atoms. The van der Waals surface area contributed by atoms with E-state index in [9.17, 15) is 4.79 Å². The molecule has 3 N–H and O–H groups in total. The van der Waals surface area contributed by atoms with E-state index < -0.39 is 0 Å². The Kier molecular flexibility index (Phi) is 8.53. The van der Waals surface area contributed by atoms with Crippen molar-refractivity contribution in [2.75, 3.05) is 45.5 Å². The number of anilines is 1. The highest BCUT2D eigenvalue weighted by Crippen LogP contribution is 2.10. The second-order valence-corrected chi connectivity index (χ2v) is 4.59. The summed E-state index contributed by atoms with van der Waals surface area (Å²) < 4.78 is 15.2. The molecule has 0 aliphatic carbocycles. The molecule has 116 valence electrons. The van der Waals surface area contributed by atoms with Gasteiger partial charge >= 0.3 is 0 Å². The Bertz CT molecular complexity index is 468. The highest BCUT2D eigenvalue weighted by atomic mass is 32.1. The van der Waals surface area contributed by atoms with Gasteiger partial charge in [0.05, 0.1) is 26.4 Å². The van der Waals surface area contributed by atoms with Crippen LogP contribution in [0.3, 0.4) is 0 Å². The Balaban J connectivity index is 2.21. The van der Waals surface area contributed by atoms with Crippen molar-refractivity contribution in [1.29, 1.82) is 0 Å². The Hall–Kier alpha value is -1.54. The van der Waals surface area contributed by atoms with Gasteiger partial charge in [0.15, 0.2) is 0 Å². The number of methoxy groups -OCH3 is 1. The van der Waals surface area contributed by atoms with Crippen molar-refractivity contribution in [3.05, 3.63) is 29.8 Å². The average Bonchev–Trinajstić information content (AvgIpc) is 2.46.